The third kappa shape index (κ3) is 1.67. The Labute approximate surface area is 82.1 Å². The van der Waals surface area contributed by atoms with Gasteiger partial charge in [-0.1, -0.05) is 36.4 Å². The van der Waals surface area contributed by atoms with Gasteiger partial charge in [0.2, 0.25) is 0 Å². The van der Waals surface area contributed by atoms with Crippen LogP contribution in [0, 0.1) is 0 Å². The standard InChI is InChI=1S/C11H11NO2/c13-11(14)7-12-10-6-5-8-3-1-2-4-9(8)10/h1-6,10,12H,7H2,(H,13,14). The van der Waals surface area contributed by atoms with Gasteiger partial charge in [-0.2, -0.15) is 0 Å². The molecule has 1 atom stereocenters. The molecule has 14 heavy (non-hydrogen) atoms. The fraction of sp³-hybridized carbons (Fsp3) is 0.182. The molecule has 0 saturated carbocycles. The summed E-state index contributed by atoms with van der Waals surface area (Å²) in [5, 5.41) is 11.5. The van der Waals surface area contributed by atoms with Crippen molar-refractivity contribution in [2.45, 2.75) is 6.04 Å². The number of rotatable bonds is 3. The van der Waals surface area contributed by atoms with Crippen LogP contribution in [0.4, 0.5) is 0 Å². The van der Waals surface area contributed by atoms with Gasteiger partial charge in [-0.15, -0.1) is 0 Å². The fourth-order valence-electron chi connectivity index (χ4n) is 1.62. The van der Waals surface area contributed by atoms with Crippen LogP contribution in [0.3, 0.4) is 0 Å². The van der Waals surface area contributed by atoms with Crippen LogP contribution < -0.4 is 5.32 Å². The predicted molar refractivity (Wildman–Crippen MR) is 53.9 cm³/mol. The van der Waals surface area contributed by atoms with E-state index < -0.39 is 5.97 Å². The minimum atomic E-state index is -0.831. The van der Waals surface area contributed by atoms with Gasteiger partial charge < -0.3 is 5.11 Å². The Morgan fingerprint density at radius 1 is 1.43 bits per heavy atom. The molecule has 0 bridgehead atoms. The lowest BCUT2D eigenvalue weighted by Crippen LogP contribution is -2.25. The second kappa shape index (κ2) is 3.64. The molecule has 0 radical (unpaired) electrons. The highest BCUT2D eigenvalue weighted by molar-refractivity contribution is 5.69. The highest BCUT2D eigenvalue weighted by Crippen LogP contribution is 2.27. The number of aliphatic carboxylic acids is 1. The molecule has 0 aromatic heterocycles. The third-order valence-electron chi connectivity index (χ3n) is 2.27. The van der Waals surface area contributed by atoms with Gasteiger partial charge in [0, 0.05) is 0 Å². The Morgan fingerprint density at radius 3 is 3.00 bits per heavy atom. The first-order valence-electron chi connectivity index (χ1n) is 4.49. The summed E-state index contributed by atoms with van der Waals surface area (Å²) in [5.74, 6) is -0.831. The van der Waals surface area contributed by atoms with Crippen molar-refractivity contribution in [1.29, 1.82) is 0 Å². The smallest absolute Gasteiger partial charge is 0.317 e. The minimum absolute atomic E-state index is 0.0106. The number of nitrogens with one attached hydrogen (secondary N) is 1. The summed E-state index contributed by atoms with van der Waals surface area (Å²) in [5.41, 5.74) is 2.31. The van der Waals surface area contributed by atoms with Crippen molar-refractivity contribution < 1.29 is 9.90 Å². The Kier molecular flexibility index (Phi) is 2.33. The van der Waals surface area contributed by atoms with Crippen molar-refractivity contribution in [2.75, 3.05) is 6.54 Å². The topological polar surface area (TPSA) is 49.3 Å². The maximum Gasteiger partial charge on any atom is 0.317 e. The SMILES string of the molecule is O=C(O)CNC1C=Cc2ccccc21. The molecular formula is C11H11NO2. The van der Waals surface area contributed by atoms with Gasteiger partial charge in [0.15, 0.2) is 0 Å². The van der Waals surface area contributed by atoms with Crippen molar-refractivity contribution in [2.24, 2.45) is 0 Å². The molecular weight excluding hydrogens is 178 g/mol. The molecule has 1 aliphatic carbocycles. The summed E-state index contributed by atoms with van der Waals surface area (Å²) in [6.45, 7) is -0.0106. The molecule has 0 fully saturated rings. The second-order valence-electron chi connectivity index (χ2n) is 3.24. The average molecular weight is 189 g/mol. The quantitative estimate of drug-likeness (QED) is 0.756. The number of hydrogen-bond acceptors (Lipinski definition) is 2. The Balaban J connectivity index is 2.11. The lowest BCUT2D eigenvalue weighted by Gasteiger charge is -2.10. The normalized spacial score (nSPS) is 18.1. The number of fused-ring (bicyclic) bond motifs is 1. The first-order valence-corrected chi connectivity index (χ1v) is 4.49. The zero-order valence-electron chi connectivity index (χ0n) is 7.60. The first-order chi connectivity index (χ1) is 6.77. The molecule has 2 rings (SSSR count). The zero-order valence-corrected chi connectivity index (χ0v) is 7.60. The maximum atomic E-state index is 10.4. The van der Waals surface area contributed by atoms with Crippen LogP contribution in [-0.4, -0.2) is 17.6 Å². The van der Waals surface area contributed by atoms with Crippen molar-refractivity contribution in [1.82, 2.24) is 5.32 Å². The van der Waals surface area contributed by atoms with E-state index in [1.807, 2.05) is 36.4 Å². The molecule has 0 heterocycles. The minimum Gasteiger partial charge on any atom is -0.480 e. The summed E-state index contributed by atoms with van der Waals surface area (Å²) in [4.78, 5) is 10.4. The van der Waals surface area contributed by atoms with Crippen LogP contribution in [0.15, 0.2) is 30.3 Å². The second-order valence-corrected chi connectivity index (χ2v) is 3.24. The highest BCUT2D eigenvalue weighted by Gasteiger charge is 2.16. The largest absolute Gasteiger partial charge is 0.480 e. The van der Waals surface area contributed by atoms with E-state index in [1.54, 1.807) is 0 Å². The lowest BCUT2D eigenvalue weighted by molar-refractivity contribution is -0.136. The number of carbonyl (C=O) groups is 1. The van der Waals surface area contributed by atoms with E-state index in [9.17, 15) is 4.79 Å². The first kappa shape index (κ1) is 8.97. The molecule has 0 saturated heterocycles. The average Bonchev–Trinajstić information content (AvgIpc) is 2.58. The monoisotopic (exact) mass is 189 g/mol. The number of carboxylic acids is 1. The van der Waals surface area contributed by atoms with Gasteiger partial charge in [-0.3, -0.25) is 10.1 Å². The molecule has 0 spiro atoms. The molecule has 0 amide bonds. The molecule has 2 N–H and O–H groups in total. The molecule has 3 heteroatoms. The molecule has 3 nitrogen and oxygen atoms in total. The number of hydrogen-bond donors (Lipinski definition) is 2. The van der Waals surface area contributed by atoms with Crippen molar-refractivity contribution in [3.63, 3.8) is 0 Å². The summed E-state index contributed by atoms with van der Waals surface area (Å²) < 4.78 is 0. The molecule has 1 aromatic carbocycles. The van der Waals surface area contributed by atoms with Crippen molar-refractivity contribution in [3.05, 3.63) is 41.5 Å². The van der Waals surface area contributed by atoms with E-state index in [-0.39, 0.29) is 12.6 Å². The summed E-state index contributed by atoms with van der Waals surface area (Å²) in [6, 6.07) is 8.01. The van der Waals surface area contributed by atoms with Gasteiger partial charge in [-0.05, 0) is 11.1 Å². The van der Waals surface area contributed by atoms with Crippen LogP contribution in [0.2, 0.25) is 0 Å². The van der Waals surface area contributed by atoms with E-state index in [4.69, 9.17) is 5.11 Å². The van der Waals surface area contributed by atoms with E-state index in [0.717, 1.165) is 11.1 Å². The van der Waals surface area contributed by atoms with Gasteiger partial charge >= 0.3 is 5.97 Å². The Morgan fingerprint density at radius 2 is 2.21 bits per heavy atom. The van der Waals surface area contributed by atoms with Gasteiger partial charge in [0.05, 0.1) is 12.6 Å². The molecule has 1 aromatic rings. The number of carboxylic acid groups (broad SMARTS) is 1. The van der Waals surface area contributed by atoms with Crippen LogP contribution in [-0.2, 0) is 4.79 Å². The lowest BCUT2D eigenvalue weighted by atomic mass is 10.1. The van der Waals surface area contributed by atoms with E-state index >= 15 is 0 Å². The molecule has 0 aliphatic heterocycles. The third-order valence-corrected chi connectivity index (χ3v) is 2.27. The fourth-order valence-corrected chi connectivity index (χ4v) is 1.62. The van der Waals surface area contributed by atoms with Gasteiger partial charge in [0.25, 0.3) is 0 Å². The van der Waals surface area contributed by atoms with Crippen molar-refractivity contribution >= 4 is 12.0 Å². The molecule has 1 aliphatic rings. The van der Waals surface area contributed by atoms with Gasteiger partial charge in [-0.25, -0.2) is 0 Å². The van der Waals surface area contributed by atoms with Crippen LogP contribution in [0.1, 0.15) is 17.2 Å². The summed E-state index contributed by atoms with van der Waals surface area (Å²) >= 11 is 0. The zero-order chi connectivity index (χ0) is 9.97. The van der Waals surface area contributed by atoms with Crippen LogP contribution in [0.5, 0.6) is 0 Å². The van der Waals surface area contributed by atoms with Crippen LogP contribution >= 0.6 is 0 Å². The van der Waals surface area contributed by atoms with E-state index in [2.05, 4.69) is 5.32 Å². The summed E-state index contributed by atoms with van der Waals surface area (Å²) in [6.07, 6.45) is 3.99. The predicted octanol–water partition coefficient (Wildman–Crippen LogP) is 1.43. The highest BCUT2D eigenvalue weighted by atomic mass is 16.4. The molecule has 1 unspecified atom stereocenters. The maximum absolute atomic E-state index is 10.4. The summed E-state index contributed by atoms with van der Waals surface area (Å²) in [7, 11) is 0. The van der Waals surface area contributed by atoms with Crippen LogP contribution in [0.25, 0.3) is 6.08 Å². The van der Waals surface area contributed by atoms with E-state index in [0.29, 0.717) is 0 Å². The van der Waals surface area contributed by atoms with Gasteiger partial charge in [0.1, 0.15) is 0 Å². The number of benzene rings is 1. The van der Waals surface area contributed by atoms with E-state index in [1.165, 1.54) is 0 Å². The Bertz CT molecular complexity index is 385. The Hall–Kier alpha value is -1.61. The van der Waals surface area contributed by atoms with Crippen molar-refractivity contribution in [3.8, 4) is 0 Å². The molecule has 72 valence electrons.